The van der Waals surface area contributed by atoms with E-state index in [1.807, 2.05) is 7.05 Å². The molecule has 0 saturated carbocycles. The maximum Gasteiger partial charge on any atom is 0.0480 e. The molecule has 68 valence electrons. The molecule has 1 aromatic heterocycles. The molecule has 1 N–H and O–H groups in total. The van der Waals surface area contributed by atoms with Crippen molar-refractivity contribution in [2.75, 3.05) is 7.05 Å². The second-order valence-electron chi connectivity index (χ2n) is 3.35. The first-order chi connectivity index (χ1) is 6.31. The number of rotatable bonds is 2. The quantitative estimate of drug-likeness (QED) is 0.735. The van der Waals surface area contributed by atoms with Crippen LogP contribution in [0.3, 0.4) is 0 Å². The van der Waals surface area contributed by atoms with Gasteiger partial charge in [0, 0.05) is 25.3 Å². The van der Waals surface area contributed by atoms with Gasteiger partial charge in [-0.15, -0.1) is 0 Å². The number of nitrogens with zero attached hydrogens (tertiary/aromatic N) is 1. The van der Waals surface area contributed by atoms with Crippen LogP contribution in [0.5, 0.6) is 0 Å². The van der Waals surface area contributed by atoms with Crippen molar-refractivity contribution < 1.29 is 0 Å². The van der Waals surface area contributed by atoms with Crippen molar-refractivity contribution in [2.24, 2.45) is 7.05 Å². The molecule has 2 heteroatoms. The van der Waals surface area contributed by atoms with Gasteiger partial charge in [0.25, 0.3) is 0 Å². The van der Waals surface area contributed by atoms with Crippen LogP contribution in [0.25, 0.3) is 10.9 Å². The normalized spacial score (nSPS) is 10.9. The second-order valence-corrected chi connectivity index (χ2v) is 3.35. The van der Waals surface area contributed by atoms with Crippen LogP contribution in [0.2, 0.25) is 0 Å². The predicted molar refractivity (Wildman–Crippen MR) is 55.7 cm³/mol. The van der Waals surface area contributed by atoms with Crippen molar-refractivity contribution in [1.29, 1.82) is 0 Å². The highest BCUT2D eigenvalue weighted by atomic mass is 14.9. The summed E-state index contributed by atoms with van der Waals surface area (Å²) in [5.74, 6) is 0. The van der Waals surface area contributed by atoms with E-state index in [1.54, 1.807) is 0 Å². The summed E-state index contributed by atoms with van der Waals surface area (Å²) in [7, 11) is 4.04. The Balaban J connectivity index is 2.53. The minimum absolute atomic E-state index is 0.932. The maximum atomic E-state index is 3.15. The predicted octanol–water partition coefficient (Wildman–Crippen LogP) is 1.90. The number of hydrogen-bond donors (Lipinski definition) is 1. The van der Waals surface area contributed by atoms with Gasteiger partial charge >= 0.3 is 0 Å². The fourth-order valence-corrected chi connectivity index (χ4v) is 1.62. The lowest BCUT2D eigenvalue weighted by molar-refractivity contribution is 0.818. The maximum absolute atomic E-state index is 3.15. The molecule has 0 saturated heterocycles. The first-order valence-corrected chi connectivity index (χ1v) is 4.50. The van der Waals surface area contributed by atoms with Crippen molar-refractivity contribution >= 4 is 10.9 Å². The molecule has 2 rings (SSSR count). The zero-order valence-electron chi connectivity index (χ0n) is 8.04. The Morgan fingerprint density at radius 2 is 2.15 bits per heavy atom. The minimum atomic E-state index is 0.932. The lowest BCUT2D eigenvalue weighted by Crippen LogP contribution is -2.04. The van der Waals surface area contributed by atoms with E-state index >= 15 is 0 Å². The molecule has 0 aliphatic heterocycles. The number of aryl methyl sites for hydroxylation is 1. The van der Waals surface area contributed by atoms with E-state index in [2.05, 4.69) is 47.4 Å². The highest BCUT2D eigenvalue weighted by Crippen LogP contribution is 2.16. The molecular formula is C11H14N2. The Kier molecular flexibility index (Phi) is 2.07. The molecule has 0 amide bonds. The average molecular weight is 174 g/mol. The van der Waals surface area contributed by atoms with E-state index in [4.69, 9.17) is 0 Å². The molecule has 0 atom stereocenters. The molecule has 1 heterocycles. The van der Waals surface area contributed by atoms with Gasteiger partial charge in [0.2, 0.25) is 0 Å². The Morgan fingerprint density at radius 3 is 2.92 bits per heavy atom. The van der Waals surface area contributed by atoms with Crippen LogP contribution in [0.1, 0.15) is 5.56 Å². The molecule has 13 heavy (non-hydrogen) atoms. The van der Waals surface area contributed by atoms with Gasteiger partial charge in [0.05, 0.1) is 0 Å². The lowest BCUT2D eigenvalue weighted by atomic mass is 10.1. The van der Waals surface area contributed by atoms with E-state index in [0.717, 1.165) is 6.54 Å². The molecule has 0 fully saturated rings. The summed E-state index contributed by atoms with van der Waals surface area (Å²) in [5, 5.41) is 4.46. The molecule has 0 aliphatic carbocycles. The van der Waals surface area contributed by atoms with Gasteiger partial charge in [-0.25, -0.2) is 0 Å². The molecule has 0 spiro atoms. The Labute approximate surface area is 78.2 Å². The van der Waals surface area contributed by atoms with E-state index < -0.39 is 0 Å². The van der Waals surface area contributed by atoms with Crippen LogP contribution < -0.4 is 5.32 Å². The topological polar surface area (TPSA) is 17.0 Å². The summed E-state index contributed by atoms with van der Waals surface area (Å²) in [6.45, 7) is 0.932. The van der Waals surface area contributed by atoms with Gasteiger partial charge in [0.15, 0.2) is 0 Å². The summed E-state index contributed by atoms with van der Waals surface area (Å²) >= 11 is 0. The van der Waals surface area contributed by atoms with Crippen LogP contribution in [-0.2, 0) is 13.6 Å². The zero-order chi connectivity index (χ0) is 9.26. The molecule has 0 bridgehead atoms. The Morgan fingerprint density at radius 1 is 1.31 bits per heavy atom. The number of aromatic nitrogens is 1. The fraction of sp³-hybridized carbons (Fsp3) is 0.273. The molecule has 0 aliphatic rings. The smallest absolute Gasteiger partial charge is 0.0480 e. The molecule has 2 aromatic rings. The summed E-state index contributed by atoms with van der Waals surface area (Å²) in [6.07, 6.45) is 2.09. The molecule has 0 radical (unpaired) electrons. The average Bonchev–Trinajstić information content (AvgIpc) is 2.49. The van der Waals surface area contributed by atoms with Crippen LogP contribution >= 0.6 is 0 Å². The van der Waals surface area contributed by atoms with Crippen molar-refractivity contribution in [2.45, 2.75) is 6.54 Å². The van der Waals surface area contributed by atoms with Gasteiger partial charge < -0.3 is 9.88 Å². The SMILES string of the molecule is CNCc1ccc2ccn(C)c2c1. The standard InChI is InChI=1S/C11H14N2/c1-12-8-9-3-4-10-5-6-13(2)11(10)7-9/h3-7,12H,8H2,1-2H3. The van der Waals surface area contributed by atoms with Crippen molar-refractivity contribution in [3.8, 4) is 0 Å². The van der Waals surface area contributed by atoms with E-state index in [-0.39, 0.29) is 0 Å². The lowest BCUT2D eigenvalue weighted by Gasteiger charge is -2.01. The third-order valence-corrected chi connectivity index (χ3v) is 2.33. The van der Waals surface area contributed by atoms with E-state index in [0.29, 0.717) is 0 Å². The van der Waals surface area contributed by atoms with Crippen LogP contribution in [0.15, 0.2) is 30.5 Å². The summed E-state index contributed by atoms with van der Waals surface area (Å²) in [5.41, 5.74) is 2.63. The highest BCUT2D eigenvalue weighted by molar-refractivity contribution is 5.80. The first kappa shape index (κ1) is 8.32. The fourth-order valence-electron chi connectivity index (χ4n) is 1.62. The first-order valence-electron chi connectivity index (χ1n) is 4.50. The highest BCUT2D eigenvalue weighted by Gasteiger charge is 1.98. The van der Waals surface area contributed by atoms with E-state index in [1.165, 1.54) is 16.5 Å². The van der Waals surface area contributed by atoms with Crippen molar-refractivity contribution in [3.05, 3.63) is 36.0 Å². The number of hydrogen-bond acceptors (Lipinski definition) is 1. The van der Waals surface area contributed by atoms with Crippen LogP contribution in [0.4, 0.5) is 0 Å². The summed E-state index contributed by atoms with van der Waals surface area (Å²) in [4.78, 5) is 0. The minimum Gasteiger partial charge on any atom is -0.351 e. The van der Waals surface area contributed by atoms with Crippen LogP contribution in [-0.4, -0.2) is 11.6 Å². The molecular weight excluding hydrogens is 160 g/mol. The van der Waals surface area contributed by atoms with Gasteiger partial charge in [-0.1, -0.05) is 12.1 Å². The third kappa shape index (κ3) is 1.45. The largest absolute Gasteiger partial charge is 0.351 e. The second kappa shape index (κ2) is 3.23. The van der Waals surface area contributed by atoms with E-state index in [9.17, 15) is 0 Å². The monoisotopic (exact) mass is 174 g/mol. The Hall–Kier alpha value is -1.28. The third-order valence-electron chi connectivity index (χ3n) is 2.33. The van der Waals surface area contributed by atoms with Crippen LogP contribution in [0, 0.1) is 0 Å². The molecule has 2 nitrogen and oxygen atoms in total. The van der Waals surface area contributed by atoms with Crippen molar-refractivity contribution in [3.63, 3.8) is 0 Å². The summed E-state index contributed by atoms with van der Waals surface area (Å²) in [6, 6.07) is 8.70. The number of benzene rings is 1. The van der Waals surface area contributed by atoms with Gasteiger partial charge in [0.1, 0.15) is 0 Å². The van der Waals surface area contributed by atoms with Gasteiger partial charge in [-0.05, 0) is 30.1 Å². The van der Waals surface area contributed by atoms with Crippen molar-refractivity contribution in [1.82, 2.24) is 9.88 Å². The van der Waals surface area contributed by atoms with Gasteiger partial charge in [-0.3, -0.25) is 0 Å². The number of fused-ring (bicyclic) bond motifs is 1. The van der Waals surface area contributed by atoms with Gasteiger partial charge in [-0.2, -0.15) is 0 Å². The summed E-state index contributed by atoms with van der Waals surface area (Å²) < 4.78 is 2.15. The Bertz CT molecular complexity index is 415. The molecule has 1 aromatic carbocycles. The zero-order valence-corrected chi connectivity index (χ0v) is 8.04. The molecule has 0 unspecified atom stereocenters. The number of nitrogens with one attached hydrogen (secondary N) is 1.